The van der Waals surface area contributed by atoms with E-state index >= 15 is 0 Å². The Morgan fingerprint density at radius 1 is 1.32 bits per heavy atom. The van der Waals surface area contributed by atoms with Gasteiger partial charge in [-0.15, -0.1) is 0 Å². The van der Waals surface area contributed by atoms with Gasteiger partial charge in [-0.1, -0.05) is 0 Å². The lowest BCUT2D eigenvalue weighted by molar-refractivity contribution is -0.142. The number of likely N-dealkylation sites (tertiary alicyclic amines) is 1. The Morgan fingerprint density at radius 2 is 1.84 bits per heavy atom. The van der Waals surface area contributed by atoms with E-state index in [-0.39, 0.29) is 24.3 Å². The summed E-state index contributed by atoms with van der Waals surface area (Å²) in [5.74, 6) is -0.209. The molecule has 1 aliphatic heterocycles. The van der Waals surface area contributed by atoms with Gasteiger partial charge in [-0.3, -0.25) is 14.5 Å². The Hall–Kier alpha value is -1.10. The number of ether oxygens (including phenoxy) is 1. The summed E-state index contributed by atoms with van der Waals surface area (Å²) >= 11 is 0. The zero-order chi connectivity index (χ0) is 14.6. The normalized spacial score (nSPS) is 25.1. The van der Waals surface area contributed by atoms with Crippen LogP contribution in [0, 0.1) is 0 Å². The number of nitrogens with zero attached hydrogens (tertiary/aromatic N) is 2. The maximum Gasteiger partial charge on any atom is 0.307 e. The van der Waals surface area contributed by atoms with Crippen molar-refractivity contribution in [3.63, 3.8) is 0 Å². The molecule has 3 atom stereocenters. The fraction of sp³-hybridized carbons (Fsp3) is 0.857. The van der Waals surface area contributed by atoms with E-state index < -0.39 is 0 Å². The second-order valence-electron chi connectivity index (χ2n) is 5.48. The van der Waals surface area contributed by atoms with Crippen LogP contribution in [0.1, 0.15) is 40.0 Å². The predicted molar refractivity (Wildman–Crippen MR) is 73.7 cm³/mol. The Labute approximate surface area is 115 Å². The highest BCUT2D eigenvalue weighted by molar-refractivity contribution is 5.82. The number of likely N-dealkylation sites (N-methyl/N-ethyl adjacent to an activating group) is 1. The van der Waals surface area contributed by atoms with Gasteiger partial charge in [0, 0.05) is 25.7 Å². The van der Waals surface area contributed by atoms with Gasteiger partial charge in [-0.05, 0) is 33.6 Å². The lowest BCUT2D eigenvalue weighted by Crippen LogP contribution is -2.49. The molecular weight excluding hydrogens is 244 g/mol. The summed E-state index contributed by atoms with van der Waals surface area (Å²) in [5, 5.41) is 0. The van der Waals surface area contributed by atoms with Crippen LogP contribution in [0.15, 0.2) is 0 Å². The third-order valence-corrected chi connectivity index (χ3v) is 4.08. The molecule has 1 aliphatic rings. The molecule has 0 N–H and O–H groups in total. The van der Waals surface area contributed by atoms with Crippen LogP contribution >= 0.6 is 0 Å². The van der Waals surface area contributed by atoms with Crippen molar-refractivity contribution in [3.8, 4) is 0 Å². The third kappa shape index (κ3) is 3.93. The van der Waals surface area contributed by atoms with E-state index in [4.69, 9.17) is 0 Å². The van der Waals surface area contributed by atoms with Crippen molar-refractivity contribution in [2.24, 2.45) is 0 Å². The summed E-state index contributed by atoms with van der Waals surface area (Å²) in [5.41, 5.74) is 0. The molecule has 0 saturated carbocycles. The first-order valence-corrected chi connectivity index (χ1v) is 6.97. The zero-order valence-electron chi connectivity index (χ0n) is 12.7. The fourth-order valence-electron chi connectivity index (χ4n) is 2.90. The number of methoxy groups -OCH3 is 1. The van der Waals surface area contributed by atoms with Crippen LogP contribution in [0.4, 0.5) is 0 Å². The first-order valence-electron chi connectivity index (χ1n) is 6.97. The average molecular weight is 270 g/mol. The molecule has 3 unspecified atom stereocenters. The molecule has 0 aromatic heterocycles. The van der Waals surface area contributed by atoms with Crippen LogP contribution in [0.2, 0.25) is 0 Å². The molecule has 1 heterocycles. The maximum absolute atomic E-state index is 12.4. The van der Waals surface area contributed by atoms with E-state index in [1.807, 2.05) is 6.92 Å². The van der Waals surface area contributed by atoms with E-state index in [0.29, 0.717) is 18.6 Å². The molecule has 0 bridgehead atoms. The molecule has 19 heavy (non-hydrogen) atoms. The van der Waals surface area contributed by atoms with Crippen LogP contribution in [-0.2, 0) is 14.3 Å². The molecule has 0 aliphatic carbocycles. The highest BCUT2D eigenvalue weighted by Gasteiger charge is 2.35. The molecule has 1 amide bonds. The molecule has 1 saturated heterocycles. The Kier molecular flexibility index (Phi) is 5.79. The van der Waals surface area contributed by atoms with E-state index in [1.54, 1.807) is 11.9 Å². The second-order valence-corrected chi connectivity index (χ2v) is 5.48. The number of amides is 1. The SMILES string of the molecule is COC(=O)CCN(C)C(=O)C(C)N1C(C)CCC1C. The molecule has 0 radical (unpaired) electrons. The van der Waals surface area contributed by atoms with Gasteiger partial charge < -0.3 is 9.64 Å². The summed E-state index contributed by atoms with van der Waals surface area (Å²) < 4.78 is 4.59. The highest BCUT2D eigenvalue weighted by Crippen LogP contribution is 2.26. The number of carbonyl (C=O) groups is 2. The van der Waals surface area contributed by atoms with Crippen molar-refractivity contribution >= 4 is 11.9 Å². The maximum atomic E-state index is 12.4. The summed E-state index contributed by atoms with van der Waals surface area (Å²) in [7, 11) is 3.10. The van der Waals surface area contributed by atoms with Crippen LogP contribution < -0.4 is 0 Å². The largest absolute Gasteiger partial charge is 0.469 e. The van der Waals surface area contributed by atoms with Crippen molar-refractivity contribution in [1.29, 1.82) is 0 Å². The number of carbonyl (C=O) groups excluding carboxylic acids is 2. The van der Waals surface area contributed by atoms with E-state index in [2.05, 4.69) is 23.5 Å². The molecule has 0 aromatic carbocycles. The Bertz CT molecular complexity index is 323. The number of esters is 1. The standard InChI is InChI=1S/C14H26N2O3/c1-10-6-7-11(2)16(10)12(3)14(18)15(4)9-8-13(17)19-5/h10-12H,6-9H2,1-5H3. The molecule has 0 aromatic rings. The first kappa shape index (κ1) is 16.0. The molecule has 0 spiro atoms. The molecule has 110 valence electrons. The van der Waals surface area contributed by atoms with Crippen molar-refractivity contribution in [1.82, 2.24) is 9.80 Å². The minimum atomic E-state index is -0.282. The van der Waals surface area contributed by atoms with E-state index in [9.17, 15) is 9.59 Å². The summed E-state index contributed by atoms with van der Waals surface area (Å²) in [6.45, 7) is 6.70. The van der Waals surface area contributed by atoms with Gasteiger partial charge in [0.05, 0.1) is 19.6 Å². The molecular formula is C14H26N2O3. The van der Waals surface area contributed by atoms with Crippen LogP contribution in [0.3, 0.4) is 0 Å². The van der Waals surface area contributed by atoms with E-state index in [1.165, 1.54) is 7.11 Å². The highest BCUT2D eigenvalue weighted by atomic mass is 16.5. The molecule has 5 heteroatoms. The van der Waals surface area contributed by atoms with Gasteiger partial charge >= 0.3 is 5.97 Å². The fourth-order valence-corrected chi connectivity index (χ4v) is 2.90. The topological polar surface area (TPSA) is 49.9 Å². The van der Waals surface area contributed by atoms with Gasteiger partial charge in [-0.2, -0.15) is 0 Å². The van der Waals surface area contributed by atoms with Crippen molar-refractivity contribution in [3.05, 3.63) is 0 Å². The summed E-state index contributed by atoms with van der Waals surface area (Å²) in [4.78, 5) is 27.4. The molecule has 5 nitrogen and oxygen atoms in total. The summed E-state index contributed by atoms with van der Waals surface area (Å²) in [6.07, 6.45) is 2.53. The lowest BCUT2D eigenvalue weighted by atomic mass is 10.2. The predicted octanol–water partition coefficient (Wildman–Crippen LogP) is 1.27. The van der Waals surface area contributed by atoms with Crippen LogP contribution in [0.25, 0.3) is 0 Å². The number of hydrogen-bond acceptors (Lipinski definition) is 4. The van der Waals surface area contributed by atoms with E-state index in [0.717, 1.165) is 12.8 Å². The first-order chi connectivity index (χ1) is 8.88. The quantitative estimate of drug-likeness (QED) is 0.706. The average Bonchev–Trinajstić information content (AvgIpc) is 2.73. The Balaban J connectivity index is 2.53. The molecule has 1 fully saturated rings. The lowest BCUT2D eigenvalue weighted by Gasteiger charge is -2.33. The summed E-state index contributed by atoms with van der Waals surface area (Å²) in [6, 6.07) is 0.765. The minimum Gasteiger partial charge on any atom is -0.469 e. The van der Waals surface area contributed by atoms with Crippen molar-refractivity contribution in [2.75, 3.05) is 20.7 Å². The van der Waals surface area contributed by atoms with Gasteiger partial charge in [0.2, 0.25) is 5.91 Å². The Morgan fingerprint density at radius 3 is 2.32 bits per heavy atom. The smallest absolute Gasteiger partial charge is 0.307 e. The number of rotatable bonds is 5. The number of hydrogen-bond donors (Lipinski definition) is 0. The molecule has 1 rings (SSSR count). The van der Waals surface area contributed by atoms with Crippen LogP contribution in [-0.4, -0.2) is 60.5 Å². The van der Waals surface area contributed by atoms with Crippen molar-refractivity contribution in [2.45, 2.75) is 58.2 Å². The third-order valence-electron chi connectivity index (χ3n) is 4.08. The van der Waals surface area contributed by atoms with Crippen molar-refractivity contribution < 1.29 is 14.3 Å². The van der Waals surface area contributed by atoms with Crippen LogP contribution in [0.5, 0.6) is 0 Å². The van der Waals surface area contributed by atoms with Gasteiger partial charge in [0.1, 0.15) is 0 Å². The monoisotopic (exact) mass is 270 g/mol. The van der Waals surface area contributed by atoms with Gasteiger partial charge in [0.15, 0.2) is 0 Å². The van der Waals surface area contributed by atoms with Gasteiger partial charge in [-0.25, -0.2) is 0 Å². The zero-order valence-corrected chi connectivity index (χ0v) is 12.7. The minimum absolute atomic E-state index is 0.0736. The van der Waals surface area contributed by atoms with Gasteiger partial charge in [0.25, 0.3) is 0 Å². The second kappa shape index (κ2) is 6.89.